The molecule has 0 fully saturated rings. The fourth-order valence-electron chi connectivity index (χ4n) is 6.57. The van der Waals surface area contributed by atoms with Crippen LogP contribution in [0, 0.1) is 0 Å². The molecule has 0 spiro atoms. The van der Waals surface area contributed by atoms with Gasteiger partial charge in [-0.05, 0) is 34.6 Å². The van der Waals surface area contributed by atoms with E-state index >= 15 is 0 Å². The van der Waals surface area contributed by atoms with Gasteiger partial charge < -0.3 is 4.57 Å². The van der Waals surface area contributed by atoms with Gasteiger partial charge in [-0.1, -0.05) is 72.8 Å². The Morgan fingerprint density at radius 3 is 2.09 bits per heavy atom. The first kappa shape index (κ1) is 16.3. The van der Waals surface area contributed by atoms with Crippen molar-refractivity contribution in [2.24, 2.45) is 0 Å². The fourth-order valence-corrected chi connectivity index (χ4v) is 6.57. The molecule has 0 saturated carbocycles. The van der Waals surface area contributed by atoms with E-state index in [2.05, 4.69) is 106 Å². The number of fused-ring (bicyclic) bond motifs is 11. The average Bonchev–Trinajstić information content (AvgIpc) is 3.40. The Morgan fingerprint density at radius 2 is 1.21 bits per heavy atom. The Labute approximate surface area is 189 Å². The molecule has 3 nitrogen and oxygen atoms in total. The van der Waals surface area contributed by atoms with Crippen LogP contribution in [0.1, 0.15) is 0 Å². The second-order valence-electron chi connectivity index (χ2n) is 9.20. The minimum atomic E-state index is 0.171. The fraction of sp³-hybridized carbons (Fsp3) is 0. The van der Waals surface area contributed by atoms with Crippen LogP contribution in [0.3, 0.4) is 0 Å². The first-order chi connectivity index (χ1) is 16.4. The van der Waals surface area contributed by atoms with Crippen molar-refractivity contribution < 1.29 is 0 Å². The molecule has 7 aromatic rings. The van der Waals surface area contributed by atoms with Crippen molar-refractivity contribution in [1.29, 1.82) is 0 Å². The maximum Gasteiger partial charge on any atom is 0.254 e. The summed E-state index contributed by atoms with van der Waals surface area (Å²) in [5.74, 6) is 1.07. The topological polar surface area (TPSA) is 22.8 Å². The van der Waals surface area contributed by atoms with Crippen LogP contribution in [-0.4, -0.2) is 20.8 Å². The minimum absolute atomic E-state index is 0.171. The second-order valence-corrected chi connectivity index (χ2v) is 9.20. The summed E-state index contributed by atoms with van der Waals surface area (Å²) < 4.78 is 4.87. The van der Waals surface area contributed by atoms with Gasteiger partial charge in [-0.25, -0.2) is 4.98 Å². The van der Waals surface area contributed by atoms with Gasteiger partial charge in [-0.15, -0.1) is 0 Å². The van der Waals surface area contributed by atoms with Crippen LogP contribution in [0.25, 0.3) is 55.1 Å². The molecule has 0 N–H and O–H groups in total. The molecule has 0 unspecified atom stereocenters. The molecule has 0 atom stereocenters. The summed E-state index contributed by atoms with van der Waals surface area (Å²) >= 11 is 0. The van der Waals surface area contributed by atoms with E-state index in [0.717, 1.165) is 5.82 Å². The standard InChI is InChI=1S/C29H16BN3/c1-5-14-24-17(8-1)19-10-7-12-22-27(19)33(24)29-26-28-20(16-31-29)18-9-2-4-13-23(18)32(28)25-15-6-3-11-21(25)30(22)26/h1-16H. The zero-order valence-corrected chi connectivity index (χ0v) is 17.7. The lowest BCUT2D eigenvalue weighted by atomic mass is 9.34. The van der Waals surface area contributed by atoms with E-state index in [1.54, 1.807) is 0 Å². The van der Waals surface area contributed by atoms with Crippen LogP contribution < -0.4 is 16.4 Å². The Bertz CT molecular complexity index is 1990. The van der Waals surface area contributed by atoms with Gasteiger partial charge >= 0.3 is 0 Å². The lowest BCUT2D eigenvalue weighted by molar-refractivity contribution is 1.09. The van der Waals surface area contributed by atoms with Gasteiger partial charge in [-0.3, -0.25) is 4.57 Å². The third-order valence-corrected chi connectivity index (χ3v) is 7.75. The molecule has 3 aromatic heterocycles. The van der Waals surface area contributed by atoms with Gasteiger partial charge in [-0.2, -0.15) is 0 Å². The van der Waals surface area contributed by atoms with E-state index < -0.39 is 0 Å². The van der Waals surface area contributed by atoms with Crippen molar-refractivity contribution in [1.82, 2.24) is 14.1 Å². The highest BCUT2D eigenvalue weighted by molar-refractivity contribution is 7.00. The van der Waals surface area contributed by atoms with Crippen molar-refractivity contribution >= 4 is 66.7 Å². The van der Waals surface area contributed by atoms with Crippen molar-refractivity contribution in [2.75, 3.05) is 0 Å². The first-order valence-corrected chi connectivity index (χ1v) is 11.5. The summed E-state index contributed by atoms with van der Waals surface area (Å²) in [6, 6.07) is 33.2. The van der Waals surface area contributed by atoms with E-state index in [9.17, 15) is 0 Å². The van der Waals surface area contributed by atoms with Gasteiger partial charge in [0.15, 0.2) is 0 Å². The maximum atomic E-state index is 5.16. The van der Waals surface area contributed by atoms with E-state index in [1.165, 1.54) is 65.7 Å². The molecule has 2 aliphatic heterocycles. The van der Waals surface area contributed by atoms with Crippen molar-refractivity contribution in [3.8, 4) is 11.5 Å². The van der Waals surface area contributed by atoms with Crippen LogP contribution in [0.15, 0.2) is 97.2 Å². The van der Waals surface area contributed by atoms with Gasteiger partial charge in [0.1, 0.15) is 5.82 Å². The van der Waals surface area contributed by atoms with Gasteiger partial charge in [0.05, 0.1) is 22.1 Å². The molecule has 9 rings (SSSR count). The Morgan fingerprint density at radius 1 is 0.545 bits per heavy atom. The quantitative estimate of drug-likeness (QED) is 0.335. The lowest BCUT2D eigenvalue weighted by Crippen LogP contribution is -2.59. The van der Waals surface area contributed by atoms with E-state index in [-0.39, 0.29) is 6.71 Å². The molecular formula is C29H16BN3. The molecule has 0 aliphatic carbocycles. The third kappa shape index (κ3) is 1.70. The summed E-state index contributed by atoms with van der Waals surface area (Å²) in [7, 11) is 0. The number of hydrogen-bond acceptors (Lipinski definition) is 1. The monoisotopic (exact) mass is 417 g/mol. The van der Waals surface area contributed by atoms with Crippen LogP contribution in [-0.2, 0) is 0 Å². The number of hydrogen-bond donors (Lipinski definition) is 0. The molecule has 4 aromatic carbocycles. The first-order valence-electron chi connectivity index (χ1n) is 11.5. The molecule has 0 saturated heterocycles. The predicted octanol–water partition coefficient (Wildman–Crippen LogP) is 4.42. The summed E-state index contributed by atoms with van der Waals surface area (Å²) in [6.07, 6.45) is 2.09. The highest BCUT2D eigenvalue weighted by Gasteiger charge is 2.41. The summed E-state index contributed by atoms with van der Waals surface area (Å²) in [5.41, 5.74) is 10.4. The Hall–Kier alpha value is -4.31. The van der Waals surface area contributed by atoms with Crippen LogP contribution in [0.5, 0.6) is 0 Å². The van der Waals surface area contributed by atoms with E-state index in [1.807, 2.05) is 0 Å². The summed E-state index contributed by atoms with van der Waals surface area (Å²) in [5, 5.41) is 5.09. The zero-order valence-electron chi connectivity index (χ0n) is 17.7. The molecule has 5 heterocycles. The number of para-hydroxylation sites is 4. The smallest absolute Gasteiger partial charge is 0.254 e. The van der Waals surface area contributed by atoms with Crippen molar-refractivity contribution in [3.05, 3.63) is 97.2 Å². The normalized spacial score (nSPS) is 13.4. The number of pyridine rings is 1. The summed E-state index contributed by atoms with van der Waals surface area (Å²) in [6.45, 7) is 0.171. The van der Waals surface area contributed by atoms with Gasteiger partial charge in [0, 0.05) is 33.4 Å². The molecule has 150 valence electrons. The van der Waals surface area contributed by atoms with Crippen molar-refractivity contribution in [2.45, 2.75) is 0 Å². The number of nitrogens with zero attached hydrogens (tertiary/aromatic N) is 3. The molecule has 0 amide bonds. The maximum absolute atomic E-state index is 5.16. The zero-order chi connectivity index (χ0) is 21.3. The molecule has 4 heteroatoms. The van der Waals surface area contributed by atoms with Gasteiger partial charge in [0.25, 0.3) is 6.71 Å². The van der Waals surface area contributed by atoms with E-state index in [4.69, 9.17) is 4.98 Å². The highest BCUT2D eigenvalue weighted by atomic mass is 15.1. The van der Waals surface area contributed by atoms with Crippen LogP contribution in [0.4, 0.5) is 0 Å². The number of rotatable bonds is 0. The van der Waals surface area contributed by atoms with Crippen LogP contribution >= 0.6 is 0 Å². The number of benzene rings is 4. The van der Waals surface area contributed by atoms with Crippen molar-refractivity contribution in [3.63, 3.8) is 0 Å². The molecular weight excluding hydrogens is 401 g/mol. The SMILES string of the molecule is c1ccc2c(c1)B1c3cccc4c5ccccc5n(c34)-c3ncc4c5ccccc5n-2c4c31. The minimum Gasteiger partial charge on any atom is -0.310 e. The Balaban J connectivity index is 1.63. The predicted molar refractivity (Wildman–Crippen MR) is 138 cm³/mol. The highest BCUT2D eigenvalue weighted by Crippen LogP contribution is 2.38. The molecule has 0 bridgehead atoms. The molecule has 33 heavy (non-hydrogen) atoms. The third-order valence-electron chi connectivity index (χ3n) is 7.75. The molecule has 0 radical (unpaired) electrons. The largest absolute Gasteiger partial charge is 0.310 e. The average molecular weight is 417 g/mol. The van der Waals surface area contributed by atoms with Gasteiger partial charge in [0.2, 0.25) is 0 Å². The van der Waals surface area contributed by atoms with E-state index in [0.29, 0.717) is 0 Å². The second kappa shape index (κ2) is 5.36. The van der Waals surface area contributed by atoms with Crippen LogP contribution in [0.2, 0.25) is 0 Å². The number of aromatic nitrogens is 3. The molecule has 2 aliphatic rings. The summed E-state index contributed by atoms with van der Waals surface area (Å²) in [4.78, 5) is 5.16. The Kier molecular flexibility index (Phi) is 2.65. The lowest BCUT2D eigenvalue weighted by Gasteiger charge is -2.32.